The lowest BCUT2D eigenvalue weighted by Crippen LogP contribution is -2.56. The number of likely N-dealkylation sites (tertiary alicyclic amines) is 1. The van der Waals surface area contributed by atoms with E-state index in [4.69, 9.17) is 11.6 Å². The quantitative estimate of drug-likeness (QED) is 0.137. The van der Waals surface area contributed by atoms with Crippen molar-refractivity contribution in [3.63, 3.8) is 0 Å². The van der Waals surface area contributed by atoms with Gasteiger partial charge in [-0.3, -0.25) is 14.4 Å². The molecule has 45 heavy (non-hydrogen) atoms. The predicted molar refractivity (Wildman–Crippen MR) is 186 cm³/mol. The molecule has 0 aromatic heterocycles. The second-order valence-electron chi connectivity index (χ2n) is 12.0. The number of aliphatic hydroxyl groups is 1. The zero-order chi connectivity index (χ0) is 32.1. The monoisotopic (exact) mass is 713 g/mol. The third-order valence-corrected chi connectivity index (χ3v) is 12.7. The Balaban J connectivity index is 1.52. The first kappa shape index (κ1) is 33.8. The third kappa shape index (κ3) is 6.64. The van der Waals surface area contributed by atoms with Crippen LogP contribution in [0.15, 0.2) is 79.9 Å². The molecule has 3 heterocycles. The van der Waals surface area contributed by atoms with Gasteiger partial charge in [-0.1, -0.05) is 82.9 Å². The van der Waals surface area contributed by atoms with E-state index in [1.807, 2.05) is 42.5 Å². The zero-order valence-electron chi connectivity index (χ0n) is 25.4. The number of rotatable bonds is 15. The molecule has 3 unspecified atom stereocenters. The van der Waals surface area contributed by atoms with Crippen molar-refractivity contribution in [2.24, 2.45) is 11.8 Å². The summed E-state index contributed by atoms with van der Waals surface area (Å²) in [5.74, 6) is -1.54. The molecule has 3 aliphatic heterocycles. The molecule has 2 bridgehead atoms. The number of alkyl halides is 1. The van der Waals surface area contributed by atoms with Crippen LogP contribution >= 0.6 is 39.3 Å². The van der Waals surface area contributed by atoms with Gasteiger partial charge in [-0.05, 0) is 49.1 Å². The van der Waals surface area contributed by atoms with Crippen molar-refractivity contribution in [2.75, 3.05) is 31.1 Å². The lowest BCUT2D eigenvalue weighted by Gasteiger charge is -2.38. The lowest BCUT2D eigenvalue weighted by atomic mass is 9.70. The van der Waals surface area contributed by atoms with Crippen LogP contribution in [0.2, 0.25) is 5.02 Å². The van der Waals surface area contributed by atoms with Gasteiger partial charge in [-0.15, -0.1) is 24.9 Å². The summed E-state index contributed by atoms with van der Waals surface area (Å²) in [4.78, 5) is 49.1. The maximum Gasteiger partial charge on any atom is 0.251 e. The highest BCUT2D eigenvalue weighted by Crippen LogP contribution is 2.68. The topological polar surface area (TPSA) is 81.2 Å². The maximum absolute atomic E-state index is 14.8. The largest absolute Gasteiger partial charge is 0.396 e. The van der Waals surface area contributed by atoms with E-state index in [0.29, 0.717) is 49.6 Å². The lowest BCUT2D eigenvalue weighted by molar-refractivity contribution is -0.144. The van der Waals surface area contributed by atoms with Crippen LogP contribution in [0.1, 0.15) is 37.7 Å². The Labute approximate surface area is 283 Å². The van der Waals surface area contributed by atoms with Crippen molar-refractivity contribution >= 4 is 62.7 Å². The molecule has 0 aliphatic carbocycles. The minimum absolute atomic E-state index is 0.0222. The molecule has 2 aromatic rings. The molecule has 1 spiro atoms. The minimum atomic E-state index is -0.753. The maximum atomic E-state index is 14.8. The van der Waals surface area contributed by atoms with E-state index in [-0.39, 0.29) is 41.0 Å². The molecule has 3 fully saturated rings. The van der Waals surface area contributed by atoms with Crippen molar-refractivity contribution < 1.29 is 19.5 Å². The van der Waals surface area contributed by atoms with E-state index in [9.17, 15) is 19.5 Å². The fourth-order valence-corrected chi connectivity index (χ4v) is 11.0. The van der Waals surface area contributed by atoms with Gasteiger partial charge in [0, 0.05) is 53.6 Å². The summed E-state index contributed by atoms with van der Waals surface area (Å²) >= 11 is 11.7. The normalized spacial score (nSPS) is 26.5. The molecule has 0 saturated carbocycles. The highest BCUT2D eigenvalue weighted by molar-refractivity contribution is 9.09. The highest BCUT2D eigenvalue weighted by Gasteiger charge is 2.76. The van der Waals surface area contributed by atoms with Crippen LogP contribution in [0.3, 0.4) is 0 Å². The van der Waals surface area contributed by atoms with Crippen LogP contribution in [-0.2, 0) is 20.9 Å². The van der Waals surface area contributed by atoms with Gasteiger partial charge in [0.2, 0.25) is 11.8 Å². The number of thioether (sulfide) groups is 1. The standard InChI is InChI=1S/C35H41BrClN3O4S/c1-3-18-38(23-24-12-8-7-9-13-24)32(42)28-29-33(43)40(20-10-5-6-11-21-41)31(35(29)22-27(36)30(28)45-35)34(44)39(19-4-2)26-16-14-25(37)15-17-26/h3-4,7-9,12-17,27-31,41H,1-2,5-6,10-11,18-23H2/t27?,28-,29+,30-,31?,35?/m1/s1. The Hall–Kier alpha value is -2.59. The van der Waals surface area contributed by atoms with Crippen molar-refractivity contribution in [3.05, 3.63) is 90.5 Å². The number of amides is 3. The first-order valence-corrected chi connectivity index (χ1v) is 17.8. The summed E-state index contributed by atoms with van der Waals surface area (Å²) in [6.07, 6.45) is 7.11. The molecule has 2 aromatic carbocycles. The second-order valence-corrected chi connectivity index (χ2v) is 15.2. The molecule has 6 atom stereocenters. The number of carbonyl (C=O) groups is 3. The molecule has 240 valence electrons. The van der Waals surface area contributed by atoms with E-state index >= 15 is 0 Å². The molecule has 3 amide bonds. The van der Waals surface area contributed by atoms with Crippen LogP contribution in [0.4, 0.5) is 5.69 Å². The van der Waals surface area contributed by atoms with Gasteiger partial charge in [0.15, 0.2) is 0 Å². The van der Waals surface area contributed by atoms with Gasteiger partial charge in [0.1, 0.15) is 6.04 Å². The predicted octanol–water partition coefficient (Wildman–Crippen LogP) is 6.09. The molecular formula is C35H41BrClN3O4S. The summed E-state index contributed by atoms with van der Waals surface area (Å²) in [7, 11) is 0. The van der Waals surface area contributed by atoms with Crippen molar-refractivity contribution in [2.45, 2.75) is 59.5 Å². The fourth-order valence-electron chi connectivity index (χ4n) is 7.30. The zero-order valence-corrected chi connectivity index (χ0v) is 28.6. The van der Waals surface area contributed by atoms with Crippen LogP contribution < -0.4 is 4.90 Å². The molecule has 3 aliphatic rings. The number of hydrogen-bond donors (Lipinski definition) is 1. The van der Waals surface area contributed by atoms with Gasteiger partial charge in [0.05, 0.1) is 16.6 Å². The van der Waals surface area contributed by atoms with E-state index in [0.717, 1.165) is 18.4 Å². The van der Waals surface area contributed by atoms with E-state index in [2.05, 4.69) is 29.1 Å². The summed E-state index contributed by atoms with van der Waals surface area (Å²) in [5.41, 5.74) is 1.69. The van der Waals surface area contributed by atoms with Crippen molar-refractivity contribution in [3.8, 4) is 0 Å². The molecule has 1 N–H and O–H groups in total. The number of hydrogen-bond acceptors (Lipinski definition) is 5. The van der Waals surface area contributed by atoms with Gasteiger partial charge < -0.3 is 19.8 Å². The highest BCUT2D eigenvalue weighted by atomic mass is 79.9. The summed E-state index contributed by atoms with van der Waals surface area (Å²) in [5, 5.41) is 9.68. The molecule has 10 heteroatoms. The number of nitrogens with zero attached hydrogens (tertiary/aromatic N) is 3. The Morgan fingerprint density at radius 2 is 1.71 bits per heavy atom. The second kappa shape index (κ2) is 14.9. The SMILES string of the molecule is C=CCN(Cc1ccccc1)C(=O)[C@H]1[C@@H]2SC3(CC2Br)C(C(=O)N(CC=C)c2ccc(Cl)cc2)N(CCCCCCO)C(=O)[C@H]13. The van der Waals surface area contributed by atoms with Crippen LogP contribution in [-0.4, -0.2) is 79.7 Å². The minimum Gasteiger partial charge on any atom is -0.396 e. The Kier molecular flexibility index (Phi) is 11.2. The van der Waals surface area contributed by atoms with Crippen LogP contribution in [0.25, 0.3) is 0 Å². The van der Waals surface area contributed by atoms with Gasteiger partial charge in [-0.25, -0.2) is 0 Å². The molecule has 3 saturated heterocycles. The molecule has 5 rings (SSSR count). The number of halogens is 2. The number of carbonyl (C=O) groups excluding carboxylic acids is 3. The Morgan fingerprint density at radius 1 is 1.02 bits per heavy atom. The molecule has 7 nitrogen and oxygen atoms in total. The Bertz CT molecular complexity index is 1400. The number of aliphatic hydroxyl groups excluding tert-OH is 1. The van der Waals surface area contributed by atoms with E-state index in [1.165, 1.54) is 0 Å². The Morgan fingerprint density at radius 3 is 2.38 bits per heavy atom. The number of fused-ring (bicyclic) bond motifs is 1. The van der Waals surface area contributed by atoms with Crippen LogP contribution in [0.5, 0.6) is 0 Å². The summed E-state index contributed by atoms with van der Waals surface area (Å²) in [6.45, 7) is 9.41. The number of benzene rings is 2. The summed E-state index contributed by atoms with van der Waals surface area (Å²) in [6, 6.07) is 16.2. The van der Waals surface area contributed by atoms with Crippen molar-refractivity contribution in [1.29, 1.82) is 0 Å². The summed E-state index contributed by atoms with van der Waals surface area (Å²) < 4.78 is -0.753. The molecular weight excluding hydrogens is 674 g/mol. The smallest absolute Gasteiger partial charge is 0.251 e. The first-order chi connectivity index (χ1) is 21.8. The average molecular weight is 715 g/mol. The van der Waals surface area contributed by atoms with Crippen molar-refractivity contribution in [1.82, 2.24) is 9.80 Å². The fraction of sp³-hybridized carbons (Fsp3) is 0.457. The number of anilines is 1. The van der Waals surface area contributed by atoms with Gasteiger partial charge in [-0.2, -0.15) is 0 Å². The average Bonchev–Trinajstić information content (AvgIpc) is 3.63. The van der Waals surface area contributed by atoms with E-state index < -0.39 is 22.6 Å². The van der Waals surface area contributed by atoms with Gasteiger partial charge >= 0.3 is 0 Å². The first-order valence-electron chi connectivity index (χ1n) is 15.6. The number of unbranched alkanes of at least 4 members (excludes halogenated alkanes) is 3. The van der Waals surface area contributed by atoms with E-state index in [1.54, 1.807) is 50.7 Å². The van der Waals surface area contributed by atoms with Gasteiger partial charge in [0.25, 0.3) is 5.91 Å². The van der Waals surface area contributed by atoms with Crippen LogP contribution in [0, 0.1) is 11.8 Å². The third-order valence-electron chi connectivity index (χ3n) is 9.21. The molecule has 0 radical (unpaired) electrons.